The molecular weight excluding hydrogens is 304 g/mol. The Kier molecular flexibility index (Phi) is 5.34. The first-order valence-electron chi connectivity index (χ1n) is 8.87. The summed E-state index contributed by atoms with van der Waals surface area (Å²) in [6.07, 6.45) is 0. The molecule has 2 nitrogen and oxygen atoms in total. The molecule has 0 aliphatic rings. The SMILES string of the molecule is Cc1ccc(N=C=Nc2ccc(C)cc2C(C)(C)C)c(C(C)(C)C)c1. The van der Waals surface area contributed by atoms with E-state index < -0.39 is 0 Å². The summed E-state index contributed by atoms with van der Waals surface area (Å²) in [5.74, 6) is 0. The third kappa shape index (κ3) is 4.90. The molecule has 0 heterocycles. The molecule has 2 aromatic rings. The summed E-state index contributed by atoms with van der Waals surface area (Å²) in [5, 5.41) is 0. The Labute approximate surface area is 152 Å². The van der Waals surface area contributed by atoms with Gasteiger partial charge in [0.1, 0.15) is 6.01 Å². The van der Waals surface area contributed by atoms with E-state index in [9.17, 15) is 0 Å². The van der Waals surface area contributed by atoms with Crippen LogP contribution in [0.1, 0.15) is 63.8 Å². The van der Waals surface area contributed by atoms with Gasteiger partial charge in [-0.2, -0.15) is 9.98 Å². The number of hydrogen-bond acceptors (Lipinski definition) is 2. The fourth-order valence-corrected chi connectivity index (χ4v) is 2.83. The topological polar surface area (TPSA) is 24.7 Å². The van der Waals surface area contributed by atoms with E-state index in [0.29, 0.717) is 0 Å². The first-order valence-corrected chi connectivity index (χ1v) is 8.87. The molecule has 0 fully saturated rings. The zero-order valence-corrected chi connectivity index (χ0v) is 16.9. The van der Waals surface area contributed by atoms with Crippen LogP contribution in [-0.4, -0.2) is 6.01 Å². The number of benzene rings is 2. The van der Waals surface area contributed by atoms with Crippen LogP contribution in [0.4, 0.5) is 11.4 Å². The van der Waals surface area contributed by atoms with Gasteiger partial charge in [0.15, 0.2) is 0 Å². The second kappa shape index (κ2) is 6.98. The molecule has 0 saturated carbocycles. The molecule has 0 aliphatic heterocycles. The van der Waals surface area contributed by atoms with Crippen LogP contribution in [-0.2, 0) is 10.8 Å². The van der Waals surface area contributed by atoms with Gasteiger partial charge >= 0.3 is 0 Å². The lowest BCUT2D eigenvalue weighted by molar-refractivity contribution is 0.591. The molecule has 0 spiro atoms. The summed E-state index contributed by atoms with van der Waals surface area (Å²) in [7, 11) is 0. The summed E-state index contributed by atoms with van der Waals surface area (Å²) in [4.78, 5) is 9.08. The van der Waals surface area contributed by atoms with Crippen molar-refractivity contribution in [2.24, 2.45) is 9.98 Å². The van der Waals surface area contributed by atoms with Crippen LogP contribution in [0.25, 0.3) is 0 Å². The van der Waals surface area contributed by atoms with Crippen LogP contribution in [0, 0.1) is 13.8 Å². The third-order valence-electron chi connectivity index (χ3n) is 4.26. The Morgan fingerprint density at radius 2 is 1.00 bits per heavy atom. The van der Waals surface area contributed by atoms with Crippen LogP contribution >= 0.6 is 0 Å². The average Bonchev–Trinajstić information content (AvgIpc) is 2.48. The third-order valence-corrected chi connectivity index (χ3v) is 4.26. The molecule has 0 atom stereocenters. The van der Waals surface area contributed by atoms with Crippen molar-refractivity contribution in [2.75, 3.05) is 0 Å². The normalized spacial score (nSPS) is 11.8. The van der Waals surface area contributed by atoms with Crippen molar-refractivity contribution >= 4 is 17.4 Å². The molecule has 0 aromatic heterocycles. The minimum absolute atomic E-state index is 0.0347. The molecular formula is C23H30N2. The van der Waals surface area contributed by atoms with Gasteiger partial charge in [-0.25, -0.2) is 0 Å². The van der Waals surface area contributed by atoms with Gasteiger partial charge in [-0.05, 0) is 47.9 Å². The lowest BCUT2D eigenvalue weighted by Gasteiger charge is -2.21. The number of nitrogens with zero attached hydrogens (tertiary/aromatic N) is 2. The summed E-state index contributed by atoms with van der Waals surface area (Å²) in [6.45, 7) is 17.4. The van der Waals surface area contributed by atoms with Crippen LogP contribution < -0.4 is 0 Å². The van der Waals surface area contributed by atoms with Crippen molar-refractivity contribution in [3.63, 3.8) is 0 Å². The van der Waals surface area contributed by atoms with Crippen molar-refractivity contribution in [1.29, 1.82) is 0 Å². The summed E-state index contributed by atoms with van der Waals surface area (Å²) in [5.41, 5.74) is 6.87. The monoisotopic (exact) mass is 334 g/mol. The first-order chi connectivity index (χ1) is 11.5. The van der Waals surface area contributed by atoms with Gasteiger partial charge < -0.3 is 0 Å². The molecule has 25 heavy (non-hydrogen) atoms. The maximum absolute atomic E-state index is 4.54. The van der Waals surface area contributed by atoms with Gasteiger partial charge in [0.25, 0.3) is 0 Å². The smallest absolute Gasteiger partial charge is 0.100 e. The molecule has 0 saturated heterocycles. The van der Waals surface area contributed by atoms with Crippen LogP contribution in [0.5, 0.6) is 0 Å². The zero-order valence-electron chi connectivity index (χ0n) is 16.9. The lowest BCUT2D eigenvalue weighted by atomic mass is 9.85. The Bertz CT molecular complexity index is 757. The van der Waals surface area contributed by atoms with Crippen molar-refractivity contribution < 1.29 is 0 Å². The van der Waals surface area contributed by atoms with Gasteiger partial charge in [-0.1, -0.05) is 76.9 Å². The zero-order chi connectivity index (χ0) is 18.8. The summed E-state index contributed by atoms with van der Waals surface area (Å²) in [6, 6.07) is 15.6. The van der Waals surface area contributed by atoms with Gasteiger partial charge in [0.05, 0.1) is 11.4 Å². The van der Waals surface area contributed by atoms with E-state index in [-0.39, 0.29) is 10.8 Å². The van der Waals surface area contributed by atoms with E-state index in [0.717, 1.165) is 11.4 Å². The second-order valence-corrected chi connectivity index (χ2v) is 8.86. The van der Waals surface area contributed by atoms with Gasteiger partial charge in [-0.3, -0.25) is 0 Å². The van der Waals surface area contributed by atoms with E-state index in [1.807, 2.05) is 0 Å². The standard InChI is InChI=1S/C23H30N2/c1-16-9-11-20(18(13-16)22(3,4)5)24-15-25-21-12-10-17(2)14-19(21)23(6,7)8/h9-14H,1-8H3. The molecule has 0 N–H and O–H groups in total. The highest BCUT2D eigenvalue weighted by atomic mass is 14.8. The van der Waals surface area contributed by atoms with E-state index in [1.54, 1.807) is 0 Å². The highest BCUT2D eigenvalue weighted by molar-refractivity contribution is 5.63. The van der Waals surface area contributed by atoms with Gasteiger partial charge in [-0.15, -0.1) is 0 Å². The van der Waals surface area contributed by atoms with Crippen molar-refractivity contribution in [2.45, 2.75) is 66.2 Å². The highest BCUT2D eigenvalue weighted by Gasteiger charge is 2.19. The lowest BCUT2D eigenvalue weighted by Crippen LogP contribution is -2.11. The minimum Gasteiger partial charge on any atom is -0.187 e. The molecule has 132 valence electrons. The molecule has 2 aromatic carbocycles. The largest absolute Gasteiger partial charge is 0.187 e. The van der Waals surface area contributed by atoms with Crippen molar-refractivity contribution in [3.05, 3.63) is 58.7 Å². The fourth-order valence-electron chi connectivity index (χ4n) is 2.83. The molecule has 0 bridgehead atoms. The van der Waals surface area contributed by atoms with Crippen molar-refractivity contribution in [3.8, 4) is 0 Å². The van der Waals surface area contributed by atoms with E-state index >= 15 is 0 Å². The summed E-state index contributed by atoms with van der Waals surface area (Å²) >= 11 is 0. The Balaban J connectivity index is 2.48. The summed E-state index contributed by atoms with van der Waals surface area (Å²) < 4.78 is 0. The predicted octanol–water partition coefficient (Wildman–Crippen LogP) is 7.04. The molecule has 0 aliphatic carbocycles. The average molecular weight is 335 g/mol. The fraction of sp³-hybridized carbons (Fsp3) is 0.435. The van der Waals surface area contributed by atoms with E-state index in [1.165, 1.54) is 22.3 Å². The molecule has 0 unspecified atom stereocenters. The number of aliphatic imine (C=N–C) groups is 2. The van der Waals surface area contributed by atoms with Crippen molar-refractivity contribution in [1.82, 2.24) is 0 Å². The minimum atomic E-state index is 0.0347. The Morgan fingerprint density at radius 1 is 0.640 bits per heavy atom. The number of aryl methyl sites for hydroxylation is 2. The van der Waals surface area contributed by atoms with Crippen LogP contribution in [0.15, 0.2) is 46.4 Å². The second-order valence-electron chi connectivity index (χ2n) is 8.86. The number of hydrogen-bond donors (Lipinski definition) is 0. The van der Waals surface area contributed by atoms with E-state index in [4.69, 9.17) is 0 Å². The van der Waals surface area contributed by atoms with Crippen LogP contribution in [0.3, 0.4) is 0 Å². The van der Waals surface area contributed by atoms with Gasteiger partial charge in [0, 0.05) is 0 Å². The quantitative estimate of drug-likeness (QED) is 0.526. The molecule has 0 amide bonds. The molecule has 2 rings (SSSR count). The Hall–Kier alpha value is -2.18. The number of rotatable bonds is 2. The van der Waals surface area contributed by atoms with Crippen LogP contribution in [0.2, 0.25) is 0 Å². The highest BCUT2D eigenvalue weighted by Crippen LogP contribution is 2.33. The maximum Gasteiger partial charge on any atom is 0.100 e. The molecule has 2 heteroatoms. The van der Waals surface area contributed by atoms with E-state index in [2.05, 4.69) is 108 Å². The maximum atomic E-state index is 4.54. The first kappa shape index (κ1) is 19.1. The Morgan fingerprint density at radius 3 is 1.32 bits per heavy atom. The predicted molar refractivity (Wildman–Crippen MR) is 109 cm³/mol. The van der Waals surface area contributed by atoms with Gasteiger partial charge in [0.2, 0.25) is 0 Å². The molecule has 0 radical (unpaired) electrons.